The van der Waals surface area contributed by atoms with E-state index in [1.165, 1.54) is 10.5 Å². The number of nitrogens with zero attached hydrogens (tertiary/aromatic N) is 1. The van der Waals surface area contributed by atoms with Gasteiger partial charge in [-0.2, -0.15) is 0 Å². The Morgan fingerprint density at radius 2 is 1.92 bits per heavy atom. The highest BCUT2D eigenvalue weighted by Gasteiger charge is 2.26. The number of carboxylic acid groups (broad SMARTS) is 1. The Labute approximate surface area is 153 Å². The summed E-state index contributed by atoms with van der Waals surface area (Å²) in [5, 5.41) is 9.50. The van der Waals surface area contributed by atoms with E-state index >= 15 is 0 Å². The van der Waals surface area contributed by atoms with Crippen LogP contribution in [0.15, 0.2) is 36.4 Å². The molecule has 6 nitrogen and oxygen atoms in total. The molecule has 1 heterocycles. The molecule has 0 saturated heterocycles. The number of hydrogen-bond acceptors (Lipinski definition) is 4. The van der Waals surface area contributed by atoms with Gasteiger partial charge in [0.1, 0.15) is 17.2 Å². The maximum atomic E-state index is 11.6. The number of nitrogens with two attached hydrogens (primary N) is 1. The average Bonchev–Trinajstić information content (AvgIpc) is 3.01. The third-order valence-corrected chi connectivity index (χ3v) is 4.39. The van der Waals surface area contributed by atoms with Crippen LogP contribution in [0.3, 0.4) is 0 Å². The fraction of sp³-hybridized carbons (Fsp3) is 0.350. The van der Waals surface area contributed by atoms with Gasteiger partial charge in [0, 0.05) is 23.7 Å². The normalized spacial score (nSPS) is 13.0. The van der Waals surface area contributed by atoms with Gasteiger partial charge in [-0.3, -0.25) is 4.90 Å². The molecule has 0 bridgehead atoms. The van der Waals surface area contributed by atoms with Crippen LogP contribution >= 0.6 is 0 Å². The standard InChI is InChI=1S/C20H24N2O4/c1-20(2,3)22(19(23)24)12-14-10-15(6-7-17(14)21)26-16-5-4-13-8-9-25-18(13)11-16/h4-7,10-11H,8-9,12,21H2,1-3H3,(H,23,24). The summed E-state index contributed by atoms with van der Waals surface area (Å²) in [6.07, 6.45) is -0.0709. The van der Waals surface area contributed by atoms with Crippen LogP contribution in [0.1, 0.15) is 31.9 Å². The van der Waals surface area contributed by atoms with Crippen LogP contribution < -0.4 is 15.2 Å². The molecular weight excluding hydrogens is 332 g/mol. The number of ether oxygens (including phenoxy) is 2. The predicted molar refractivity (Wildman–Crippen MR) is 99.9 cm³/mol. The summed E-state index contributed by atoms with van der Waals surface area (Å²) >= 11 is 0. The van der Waals surface area contributed by atoms with E-state index in [4.69, 9.17) is 15.2 Å². The largest absolute Gasteiger partial charge is 0.493 e. The first-order valence-corrected chi connectivity index (χ1v) is 8.56. The molecule has 0 saturated carbocycles. The maximum Gasteiger partial charge on any atom is 0.408 e. The molecule has 0 aliphatic carbocycles. The molecule has 3 N–H and O–H groups in total. The summed E-state index contributed by atoms with van der Waals surface area (Å²) in [6.45, 7) is 6.43. The molecule has 0 atom stereocenters. The van der Waals surface area contributed by atoms with E-state index in [2.05, 4.69) is 0 Å². The summed E-state index contributed by atoms with van der Waals surface area (Å²) in [5.74, 6) is 2.13. The van der Waals surface area contributed by atoms with Gasteiger partial charge < -0.3 is 20.3 Å². The molecule has 0 unspecified atom stereocenters. The smallest absolute Gasteiger partial charge is 0.408 e. The molecule has 1 aliphatic heterocycles. The van der Waals surface area contributed by atoms with E-state index in [1.54, 1.807) is 18.2 Å². The molecule has 0 radical (unpaired) electrons. The second-order valence-corrected chi connectivity index (χ2v) is 7.37. The number of carbonyl (C=O) groups is 1. The van der Waals surface area contributed by atoms with Gasteiger partial charge in [0.05, 0.1) is 13.2 Å². The van der Waals surface area contributed by atoms with E-state index < -0.39 is 11.6 Å². The van der Waals surface area contributed by atoms with Crippen LogP contribution in [-0.4, -0.2) is 28.2 Å². The van der Waals surface area contributed by atoms with Crippen molar-refractivity contribution in [3.63, 3.8) is 0 Å². The number of anilines is 1. The zero-order chi connectivity index (χ0) is 18.9. The van der Waals surface area contributed by atoms with E-state index in [0.29, 0.717) is 29.4 Å². The van der Waals surface area contributed by atoms with Gasteiger partial charge >= 0.3 is 6.09 Å². The van der Waals surface area contributed by atoms with E-state index in [9.17, 15) is 9.90 Å². The van der Waals surface area contributed by atoms with Gasteiger partial charge in [0.2, 0.25) is 0 Å². The second kappa shape index (κ2) is 6.78. The van der Waals surface area contributed by atoms with Crippen molar-refractivity contribution in [2.24, 2.45) is 0 Å². The number of hydrogen-bond donors (Lipinski definition) is 2. The number of nitrogen functional groups attached to an aromatic ring is 1. The van der Waals surface area contributed by atoms with Crippen molar-refractivity contribution in [1.29, 1.82) is 0 Å². The van der Waals surface area contributed by atoms with E-state index in [-0.39, 0.29) is 6.54 Å². The molecule has 1 aliphatic rings. The highest BCUT2D eigenvalue weighted by atomic mass is 16.5. The van der Waals surface area contributed by atoms with Crippen LogP contribution in [0.2, 0.25) is 0 Å². The van der Waals surface area contributed by atoms with Gasteiger partial charge in [-0.25, -0.2) is 4.79 Å². The summed E-state index contributed by atoms with van der Waals surface area (Å²) < 4.78 is 11.5. The van der Waals surface area contributed by atoms with Crippen molar-refractivity contribution < 1.29 is 19.4 Å². The average molecular weight is 356 g/mol. The molecule has 1 amide bonds. The minimum atomic E-state index is -0.987. The molecule has 6 heteroatoms. The second-order valence-electron chi connectivity index (χ2n) is 7.37. The van der Waals surface area contributed by atoms with Crippen molar-refractivity contribution in [2.45, 2.75) is 39.3 Å². The predicted octanol–water partition coefficient (Wildman–Crippen LogP) is 4.27. The highest BCUT2D eigenvalue weighted by molar-refractivity contribution is 5.66. The van der Waals surface area contributed by atoms with Gasteiger partial charge in [0.25, 0.3) is 0 Å². The minimum Gasteiger partial charge on any atom is -0.493 e. The SMILES string of the molecule is CC(C)(C)N(Cc1cc(Oc2ccc3c(c2)OCC3)ccc1N)C(=O)O. The van der Waals surface area contributed by atoms with Crippen LogP contribution in [0, 0.1) is 0 Å². The molecule has 0 aromatic heterocycles. The van der Waals surface area contributed by atoms with E-state index in [1.807, 2.05) is 39.0 Å². The first-order valence-electron chi connectivity index (χ1n) is 8.56. The van der Waals surface area contributed by atoms with Crippen molar-refractivity contribution in [3.8, 4) is 17.2 Å². The minimum absolute atomic E-state index is 0.190. The van der Waals surface area contributed by atoms with Gasteiger partial charge in [-0.15, -0.1) is 0 Å². The van der Waals surface area contributed by atoms with Gasteiger partial charge in [0.15, 0.2) is 0 Å². The molecule has 138 valence electrons. The van der Waals surface area contributed by atoms with E-state index in [0.717, 1.165) is 12.2 Å². The molecule has 3 rings (SSSR count). The highest BCUT2D eigenvalue weighted by Crippen LogP contribution is 2.33. The summed E-state index contributed by atoms with van der Waals surface area (Å²) in [6, 6.07) is 11.1. The lowest BCUT2D eigenvalue weighted by Gasteiger charge is -2.33. The van der Waals surface area contributed by atoms with Gasteiger partial charge in [-0.05, 0) is 56.2 Å². The topological polar surface area (TPSA) is 85.0 Å². The van der Waals surface area contributed by atoms with Gasteiger partial charge in [-0.1, -0.05) is 6.07 Å². The van der Waals surface area contributed by atoms with Crippen molar-refractivity contribution in [1.82, 2.24) is 4.90 Å². The molecular formula is C20H24N2O4. The lowest BCUT2D eigenvalue weighted by molar-refractivity contribution is 0.0956. The summed E-state index contributed by atoms with van der Waals surface area (Å²) in [5.41, 5.74) is 7.93. The summed E-state index contributed by atoms with van der Waals surface area (Å²) in [4.78, 5) is 12.9. The maximum absolute atomic E-state index is 11.6. The third-order valence-electron chi connectivity index (χ3n) is 4.39. The van der Waals surface area contributed by atoms with Crippen LogP contribution in [-0.2, 0) is 13.0 Å². The number of fused-ring (bicyclic) bond motifs is 1. The summed E-state index contributed by atoms with van der Waals surface area (Å²) in [7, 11) is 0. The number of rotatable bonds is 4. The first-order chi connectivity index (χ1) is 12.2. The van der Waals surface area contributed by atoms with Crippen LogP contribution in [0.25, 0.3) is 0 Å². The Morgan fingerprint density at radius 1 is 1.23 bits per heavy atom. The number of benzene rings is 2. The molecule has 0 fully saturated rings. The fourth-order valence-corrected chi connectivity index (χ4v) is 2.89. The molecule has 2 aromatic rings. The quantitative estimate of drug-likeness (QED) is 0.799. The fourth-order valence-electron chi connectivity index (χ4n) is 2.89. The van der Waals surface area contributed by atoms with Crippen LogP contribution in [0.5, 0.6) is 17.2 Å². The Balaban J connectivity index is 1.82. The third kappa shape index (κ3) is 3.85. The monoisotopic (exact) mass is 356 g/mol. The number of amides is 1. The Bertz CT molecular complexity index is 827. The Kier molecular flexibility index (Phi) is 4.68. The zero-order valence-corrected chi connectivity index (χ0v) is 15.3. The van der Waals surface area contributed by atoms with Crippen molar-refractivity contribution in [3.05, 3.63) is 47.5 Å². The first kappa shape index (κ1) is 17.9. The zero-order valence-electron chi connectivity index (χ0n) is 15.3. The molecule has 0 spiro atoms. The Morgan fingerprint density at radius 3 is 2.62 bits per heavy atom. The van der Waals surface area contributed by atoms with Crippen molar-refractivity contribution >= 4 is 11.8 Å². The lowest BCUT2D eigenvalue weighted by Crippen LogP contribution is -2.44. The molecule has 2 aromatic carbocycles. The Hall–Kier alpha value is -2.89. The molecule has 26 heavy (non-hydrogen) atoms. The lowest BCUT2D eigenvalue weighted by atomic mass is 10.0. The van der Waals surface area contributed by atoms with Crippen LogP contribution in [0.4, 0.5) is 10.5 Å². The van der Waals surface area contributed by atoms with Crippen molar-refractivity contribution in [2.75, 3.05) is 12.3 Å².